The highest BCUT2D eigenvalue weighted by Gasteiger charge is 2.07. The molecule has 0 saturated heterocycles. The van der Waals surface area contributed by atoms with Crippen LogP contribution in [-0.2, 0) is 0 Å². The molecule has 2 nitrogen and oxygen atoms in total. The average molecular weight is 279 g/mol. The lowest BCUT2D eigenvalue weighted by Gasteiger charge is -2.13. The van der Waals surface area contributed by atoms with Gasteiger partial charge in [-0.05, 0) is 17.0 Å². The van der Waals surface area contributed by atoms with Crippen LogP contribution in [0, 0.1) is 0 Å². The number of hydrogen-bond donors (Lipinski definition) is 2. The van der Waals surface area contributed by atoms with E-state index in [0.29, 0.717) is 12.5 Å². The van der Waals surface area contributed by atoms with Gasteiger partial charge in [-0.25, -0.2) is 0 Å². The summed E-state index contributed by atoms with van der Waals surface area (Å²) in [4.78, 5) is 0. The van der Waals surface area contributed by atoms with Crippen molar-refractivity contribution in [2.24, 2.45) is 0 Å². The van der Waals surface area contributed by atoms with Gasteiger partial charge in [0.05, 0.1) is 6.10 Å². The van der Waals surface area contributed by atoms with Crippen molar-refractivity contribution >= 4 is 11.8 Å². The minimum absolute atomic E-state index is 0.425. The van der Waals surface area contributed by atoms with Crippen molar-refractivity contribution in [1.82, 2.24) is 5.32 Å². The number of nitrogens with one attached hydrogen (secondary N) is 1. The highest BCUT2D eigenvalue weighted by molar-refractivity contribution is 7.99. The largest absolute Gasteiger partial charge is 0.387 e. The SMILES string of the molecule is C=CCSCCNCC(O)c1ccc(C(C)C)cc1. The van der Waals surface area contributed by atoms with Crippen molar-refractivity contribution in [3.63, 3.8) is 0 Å². The molecule has 1 aromatic rings. The van der Waals surface area contributed by atoms with Gasteiger partial charge >= 0.3 is 0 Å². The summed E-state index contributed by atoms with van der Waals surface area (Å²) in [7, 11) is 0. The van der Waals surface area contributed by atoms with Crippen molar-refractivity contribution in [3.05, 3.63) is 48.0 Å². The fourth-order valence-corrected chi connectivity index (χ4v) is 2.39. The zero-order valence-corrected chi connectivity index (χ0v) is 12.7. The summed E-state index contributed by atoms with van der Waals surface area (Å²) < 4.78 is 0. The molecule has 1 unspecified atom stereocenters. The second kappa shape index (κ2) is 9.18. The monoisotopic (exact) mass is 279 g/mol. The van der Waals surface area contributed by atoms with Crippen LogP contribution in [-0.4, -0.2) is 29.7 Å². The molecule has 0 heterocycles. The number of benzene rings is 1. The highest BCUT2D eigenvalue weighted by Crippen LogP contribution is 2.18. The molecule has 0 aliphatic heterocycles. The fourth-order valence-electron chi connectivity index (χ4n) is 1.77. The lowest BCUT2D eigenvalue weighted by molar-refractivity contribution is 0.175. The van der Waals surface area contributed by atoms with Crippen LogP contribution in [0.2, 0.25) is 0 Å². The van der Waals surface area contributed by atoms with Crippen LogP contribution in [0.4, 0.5) is 0 Å². The molecule has 0 fully saturated rings. The third-order valence-electron chi connectivity index (χ3n) is 2.98. The first-order chi connectivity index (χ1) is 9.15. The van der Waals surface area contributed by atoms with Crippen LogP contribution in [0.3, 0.4) is 0 Å². The molecule has 0 bridgehead atoms. The maximum Gasteiger partial charge on any atom is 0.0914 e. The van der Waals surface area contributed by atoms with Gasteiger partial charge in [-0.3, -0.25) is 0 Å². The van der Waals surface area contributed by atoms with Crippen LogP contribution in [0.1, 0.15) is 37.0 Å². The van der Waals surface area contributed by atoms with Crippen LogP contribution in [0.15, 0.2) is 36.9 Å². The van der Waals surface area contributed by atoms with Gasteiger partial charge in [0.25, 0.3) is 0 Å². The second-order valence-electron chi connectivity index (χ2n) is 4.90. The Morgan fingerprint density at radius 2 is 1.89 bits per heavy atom. The molecular weight excluding hydrogens is 254 g/mol. The summed E-state index contributed by atoms with van der Waals surface area (Å²) in [5.41, 5.74) is 2.29. The van der Waals surface area contributed by atoms with Crippen LogP contribution < -0.4 is 5.32 Å². The van der Waals surface area contributed by atoms with E-state index in [-0.39, 0.29) is 0 Å². The molecule has 2 N–H and O–H groups in total. The number of hydrogen-bond acceptors (Lipinski definition) is 3. The zero-order valence-electron chi connectivity index (χ0n) is 11.9. The Kier molecular flexibility index (Phi) is 7.87. The van der Waals surface area contributed by atoms with Crippen molar-refractivity contribution in [1.29, 1.82) is 0 Å². The summed E-state index contributed by atoms with van der Waals surface area (Å²) in [6.45, 7) is 9.56. The third-order valence-corrected chi connectivity index (χ3v) is 3.95. The van der Waals surface area contributed by atoms with Gasteiger partial charge < -0.3 is 10.4 Å². The van der Waals surface area contributed by atoms with Gasteiger partial charge in [0.1, 0.15) is 0 Å². The Hall–Kier alpha value is -0.770. The van der Waals surface area contributed by atoms with E-state index >= 15 is 0 Å². The maximum absolute atomic E-state index is 10.1. The highest BCUT2D eigenvalue weighted by atomic mass is 32.2. The van der Waals surface area contributed by atoms with Crippen molar-refractivity contribution in [2.75, 3.05) is 24.6 Å². The molecular formula is C16H25NOS. The van der Waals surface area contributed by atoms with Gasteiger partial charge in [0.15, 0.2) is 0 Å². The first-order valence-corrected chi connectivity index (χ1v) is 7.98. The predicted molar refractivity (Wildman–Crippen MR) is 85.9 cm³/mol. The smallest absolute Gasteiger partial charge is 0.0914 e. The molecule has 1 atom stereocenters. The summed E-state index contributed by atoms with van der Waals surface area (Å²) in [5, 5.41) is 13.3. The van der Waals surface area contributed by atoms with Crippen LogP contribution in [0.25, 0.3) is 0 Å². The molecule has 0 aliphatic carbocycles. The fraction of sp³-hybridized carbons (Fsp3) is 0.500. The number of thioether (sulfide) groups is 1. The number of rotatable bonds is 9. The second-order valence-corrected chi connectivity index (χ2v) is 6.05. The van der Waals surface area contributed by atoms with E-state index in [0.717, 1.165) is 23.6 Å². The molecule has 106 valence electrons. The van der Waals surface area contributed by atoms with Gasteiger partial charge in [0.2, 0.25) is 0 Å². The third kappa shape index (κ3) is 6.28. The first kappa shape index (κ1) is 16.3. The molecule has 3 heteroatoms. The van der Waals surface area contributed by atoms with Gasteiger partial charge in [-0.1, -0.05) is 44.2 Å². The molecule has 0 aliphatic rings. The van der Waals surface area contributed by atoms with Gasteiger partial charge in [-0.2, -0.15) is 11.8 Å². The average Bonchev–Trinajstić information content (AvgIpc) is 2.42. The minimum Gasteiger partial charge on any atom is -0.387 e. The Bertz CT molecular complexity index is 362. The summed E-state index contributed by atoms with van der Waals surface area (Å²) in [6, 6.07) is 8.24. The molecule has 0 amide bonds. The molecule has 1 rings (SSSR count). The van der Waals surface area contributed by atoms with E-state index in [2.05, 4.69) is 37.9 Å². The normalized spacial score (nSPS) is 12.6. The Morgan fingerprint density at radius 1 is 1.26 bits per heavy atom. The Labute approximate surface area is 121 Å². The lowest BCUT2D eigenvalue weighted by Crippen LogP contribution is -2.23. The quantitative estimate of drug-likeness (QED) is 0.537. The van der Waals surface area contributed by atoms with E-state index in [1.807, 2.05) is 30.0 Å². The Morgan fingerprint density at radius 3 is 2.47 bits per heavy atom. The van der Waals surface area contributed by atoms with Gasteiger partial charge in [0, 0.05) is 24.6 Å². The summed E-state index contributed by atoms with van der Waals surface area (Å²) in [5.74, 6) is 2.57. The zero-order chi connectivity index (χ0) is 14.1. The summed E-state index contributed by atoms with van der Waals surface area (Å²) >= 11 is 1.84. The van der Waals surface area contributed by atoms with E-state index in [9.17, 15) is 5.11 Å². The van der Waals surface area contributed by atoms with E-state index in [4.69, 9.17) is 0 Å². The van der Waals surface area contributed by atoms with E-state index in [1.54, 1.807) is 0 Å². The number of aliphatic hydroxyl groups is 1. The molecule has 0 aromatic heterocycles. The molecule has 19 heavy (non-hydrogen) atoms. The molecule has 1 aromatic carbocycles. The standard InChI is InChI=1S/C16H25NOS/c1-4-10-19-11-9-17-12-16(18)15-7-5-14(6-8-15)13(2)3/h4-8,13,16-18H,1,9-12H2,2-3H3. The summed E-state index contributed by atoms with van der Waals surface area (Å²) in [6.07, 6.45) is 1.49. The van der Waals surface area contributed by atoms with E-state index < -0.39 is 6.10 Å². The maximum atomic E-state index is 10.1. The Balaban J connectivity index is 2.28. The molecule has 0 spiro atoms. The van der Waals surface area contributed by atoms with Gasteiger partial charge in [-0.15, -0.1) is 6.58 Å². The minimum atomic E-state index is -0.425. The van der Waals surface area contributed by atoms with E-state index in [1.165, 1.54) is 5.56 Å². The lowest BCUT2D eigenvalue weighted by atomic mass is 10.00. The van der Waals surface area contributed by atoms with Crippen LogP contribution in [0.5, 0.6) is 0 Å². The van der Waals surface area contributed by atoms with Crippen molar-refractivity contribution in [2.45, 2.75) is 25.9 Å². The molecule has 0 radical (unpaired) electrons. The van der Waals surface area contributed by atoms with Crippen LogP contribution >= 0.6 is 11.8 Å². The topological polar surface area (TPSA) is 32.3 Å². The predicted octanol–water partition coefficient (Wildman–Crippen LogP) is 3.35. The molecule has 0 saturated carbocycles. The number of aliphatic hydroxyl groups excluding tert-OH is 1. The van der Waals surface area contributed by atoms with Crippen molar-refractivity contribution < 1.29 is 5.11 Å². The van der Waals surface area contributed by atoms with Crippen molar-refractivity contribution in [3.8, 4) is 0 Å². The first-order valence-electron chi connectivity index (χ1n) is 6.82.